The minimum Gasteiger partial charge on any atom is -0.338 e. The number of halogens is 2. The van der Waals surface area contributed by atoms with E-state index in [0.29, 0.717) is 19.6 Å². The topological polar surface area (TPSA) is 43.9 Å². The zero-order chi connectivity index (χ0) is 23.8. The summed E-state index contributed by atoms with van der Waals surface area (Å²) in [6.07, 6.45) is 0.887. The second-order valence-corrected chi connectivity index (χ2v) is 10.9. The summed E-state index contributed by atoms with van der Waals surface area (Å²) in [6, 6.07) is 8.57. The number of thiophene rings is 1. The molecule has 2 atom stereocenters. The molecule has 1 fully saturated rings. The van der Waals surface area contributed by atoms with Gasteiger partial charge < -0.3 is 9.80 Å². The van der Waals surface area contributed by atoms with E-state index >= 15 is 0 Å². The molecule has 2 aliphatic heterocycles. The number of hydrogen-bond donors (Lipinski definition) is 0. The molecule has 2 aliphatic rings. The van der Waals surface area contributed by atoms with Crippen molar-refractivity contribution in [3.8, 4) is 0 Å². The number of benzene rings is 1. The van der Waals surface area contributed by atoms with Gasteiger partial charge >= 0.3 is 0 Å². The first-order valence-electron chi connectivity index (χ1n) is 11.4. The Morgan fingerprint density at radius 1 is 1.21 bits per heavy atom. The molecule has 5 nitrogen and oxygen atoms in total. The SMILES string of the molecule is C[C@H]1CN(C(=O)CN2CCc3sccc3[C@@H]2c2cccc(F)c2)CCN1C(=O)C(C)(C)CCl. The summed E-state index contributed by atoms with van der Waals surface area (Å²) in [5.74, 6) is 0.0733. The Labute approximate surface area is 204 Å². The van der Waals surface area contributed by atoms with Gasteiger partial charge in [0.1, 0.15) is 5.82 Å². The van der Waals surface area contributed by atoms with Crippen LogP contribution >= 0.6 is 22.9 Å². The molecule has 1 saturated heterocycles. The summed E-state index contributed by atoms with van der Waals surface area (Å²) < 4.78 is 14.0. The number of carbonyl (C=O) groups excluding carboxylic acids is 2. The minimum atomic E-state index is -0.619. The van der Waals surface area contributed by atoms with E-state index in [9.17, 15) is 14.0 Å². The quantitative estimate of drug-likeness (QED) is 0.590. The third-order valence-corrected chi connectivity index (χ3v) is 8.39. The number of alkyl halides is 1. The van der Waals surface area contributed by atoms with E-state index in [-0.39, 0.29) is 42.1 Å². The maximum Gasteiger partial charge on any atom is 0.236 e. The summed E-state index contributed by atoms with van der Waals surface area (Å²) in [6.45, 7) is 8.23. The predicted octanol–water partition coefficient (Wildman–Crippen LogP) is 4.16. The zero-order valence-electron chi connectivity index (χ0n) is 19.4. The monoisotopic (exact) mass is 491 g/mol. The van der Waals surface area contributed by atoms with Crippen LogP contribution in [0.4, 0.5) is 4.39 Å². The third-order valence-electron chi connectivity index (χ3n) is 6.72. The van der Waals surface area contributed by atoms with Gasteiger partial charge in [0, 0.05) is 43.0 Å². The van der Waals surface area contributed by atoms with Gasteiger partial charge in [-0.25, -0.2) is 4.39 Å². The molecule has 0 bridgehead atoms. The van der Waals surface area contributed by atoms with Crippen LogP contribution in [0.15, 0.2) is 35.7 Å². The van der Waals surface area contributed by atoms with Gasteiger partial charge in [0.2, 0.25) is 11.8 Å². The standard InChI is InChI=1S/C25H31ClFN3O2S/c1-17-14-28(10-11-30(17)24(32)25(2,3)16-26)22(31)15-29-9-7-21-20(8-12-33-21)23(29)18-5-4-6-19(27)13-18/h4-6,8,12-13,17,23H,7,9-11,14-16H2,1-3H3/t17-,23-/m0/s1. The van der Waals surface area contributed by atoms with Crippen molar-refractivity contribution in [3.05, 3.63) is 57.5 Å². The van der Waals surface area contributed by atoms with Crippen molar-refractivity contribution in [3.63, 3.8) is 0 Å². The number of piperazine rings is 1. The average molecular weight is 492 g/mol. The van der Waals surface area contributed by atoms with Gasteiger partial charge in [-0.3, -0.25) is 14.5 Å². The van der Waals surface area contributed by atoms with Crippen molar-refractivity contribution >= 4 is 34.8 Å². The van der Waals surface area contributed by atoms with Crippen molar-refractivity contribution in [2.75, 3.05) is 38.6 Å². The first-order chi connectivity index (χ1) is 15.7. The van der Waals surface area contributed by atoms with E-state index in [0.717, 1.165) is 24.1 Å². The zero-order valence-corrected chi connectivity index (χ0v) is 21.0. The Hall–Kier alpha value is -1.96. The van der Waals surface area contributed by atoms with Gasteiger partial charge in [-0.2, -0.15) is 0 Å². The molecule has 2 aromatic rings. The number of nitrogens with zero attached hydrogens (tertiary/aromatic N) is 3. The Morgan fingerprint density at radius 3 is 2.70 bits per heavy atom. The van der Waals surface area contributed by atoms with E-state index in [1.807, 2.05) is 36.6 Å². The highest BCUT2D eigenvalue weighted by molar-refractivity contribution is 7.10. The van der Waals surface area contributed by atoms with Crippen molar-refractivity contribution < 1.29 is 14.0 Å². The molecule has 0 radical (unpaired) electrons. The summed E-state index contributed by atoms with van der Waals surface area (Å²) in [7, 11) is 0. The fraction of sp³-hybridized carbons (Fsp3) is 0.520. The Balaban J connectivity index is 1.47. The highest BCUT2D eigenvalue weighted by atomic mass is 35.5. The molecule has 8 heteroatoms. The van der Waals surface area contributed by atoms with E-state index in [1.54, 1.807) is 23.5 Å². The molecule has 0 unspecified atom stereocenters. The van der Waals surface area contributed by atoms with Crippen molar-refractivity contribution in [1.82, 2.24) is 14.7 Å². The van der Waals surface area contributed by atoms with Crippen molar-refractivity contribution in [2.24, 2.45) is 5.41 Å². The van der Waals surface area contributed by atoms with Gasteiger partial charge in [0.15, 0.2) is 0 Å². The fourth-order valence-corrected chi connectivity index (χ4v) is 5.83. The summed E-state index contributed by atoms with van der Waals surface area (Å²) >= 11 is 7.73. The molecule has 2 amide bonds. The predicted molar refractivity (Wildman–Crippen MR) is 130 cm³/mol. The molecule has 0 saturated carbocycles. The fourth-order valence-electron chi connectivity index (χ4n) is 4.81. The number of amides is 2. The van der Waals surface area contributed by atoms with E-state index in [4.69, 9.17) is 11.6 Å². The van der Waals surface area contributed by atoms with E-state index in [2.05, 4.69) is 16.3 Å². The Morgan fingerprint density at radius 2 is 2.00 bits per heavy atom. The smallest absolute Gasteiger partial charge is 0.236 e. The summed E-state index contributed by atoms with van der Waals surface area (Å²) in [5, 5.41) is 2.07. The first kappa shape index (κ1) is 24.2. The van der Waals surface area contributed by atoms with Crippen LogP contribution in [0.1, 0.15) is 42.8 Å². The second-order valence-electron chi connectivity index (χ2n) is 9.68. The molecule has 4 rings (SSSR count). The number of hydrogen-bond acceptors (Lipinski definition) is 4. The highest BCUT2D eigenvalue weighted by Gasteiger charge is 2.38. The average Bonchev–Trinajstić information content (AvgIpc) is 3.27. The molecule has 0 N–H and O–H groups in total. The number of carbonyl (C=O) groups is 2. The normalized spacial score (nSPS) is 21.7. The molecule has 0 aliphatic carbocycles. The Kier molecular flexibility index (Phi) is 7.12. The summed E-state index contributed by atoms with van der Waals surface area (Å²) in [5.41, 5.74) is 1.41. The molecule has 0 spiro atoms. The maximum absolute atomic E-state index is 14.0. The van der Waals surface area contributed by atoms with Crippen LogP contribution in [0.3, 0.4) is 0 Å². The molecule has 1 aromatic heterocycles. The highest BCUT2D eigenvalue weighted by Crippen LogP contribution is 2.38. The molecule has 1 aromatic carbocycles. The molecular weight excluding hydrogens is 461 g/mol. The third kappa shape index (κ3) is 4.96. The van der Waals surface area contributed by atoms with Crippen LogP contribution in [0.5, 0.6) is 0 Å². The van der Waals surface area contributed by atoms with Crippen LogP contribution in [0.25, 0.3) is 0 Å². The van der Waals surface area contributed by atoms with E-state index < -0.39 is 5.41 Å². The minimum absolute atomic E-state index is 0.0317. The molecule has 3 heterocycles. The number of fused-ring (bicyclic) bond motifs is 1. The van der Waals surface area contributed by atoms with Crippen LogP contribution in [0.2, 0.25) is 0 Å². The largest absolute Gasteiger partial charge is 0.338 e. The lowest BCUT2D eigenvalue weighted by Crippen LogP contribution is -2.59. The first-order valence-corrected chi connectivity index (χ1v) is 12.8. The number of rotatable bonds is 5. The van der Waals surface area contributed by atoms with Crippen molar-refractivity contribution in [2.45, 2.75) is 39.3 Å². The van der Waals surface area contributed by atoms with Gasteiger partial charge in [0.25, 0.3) is 0 Å². The van der Waals surface area contributed by atoms with Crippen LogP contribution < -0.4 is 0 Å². The van der Waals surface area contributed by atoms with Gasteiger partial charge in [0.05, 0.1) is 18.0 Å². The lowest BCUT2D eigenvalue weighted by atomic mass is 9.92. The molecule has 33 heavy (non-hydrogen) atoms. The van der Waals surface area contributed by atoms with Crippen LogP contribution in [0, 0.1) is 11.2 Å². The second kappa shape index (κ2) is 9.72. The Bertz CT molecular complexity index is 1030. The lowest BCUT2D eigenvalue weighted by Gasteiger charge is -2.43. The van der Waals surface area contributed by atoms with E-state index in [1.165, 1.54) is 10.9 Å². The van der Waals surface area contributed by atoms with Crippen molar-refractivity contribution in [1.29, 1.82) is 0 Å². The van der Waals surface area contributed by atoms with Crippen LogP contribution in [-0.2, 0) is 16.0 Å². The molecule has 178 valence electrons. The van der Waals surface area contributed by atoms with Gasteiger partial charge in [-0.05, 0) is 61.9 Å². The van der Waals surface area contributed by atoms with Crippen LogP contribution in [-0.4, -0.2) is 71.2 Å². The molecular formula is C25H31ClFN3O2S. The van der Waals surface area contributed by atoms with Gasteiger partial charge in [-0.1, -0.05) is 12.1 Å². The van der Waals surface area contributed by atoms with Gasteiger partial charge in [-0.15, -0.1) is 22.9 Å². The lowest BCUT2D eigenvalue weighted by molar-refractivity contribution is -0.148. The summed E-state index contributed by atoms with van der Waals surface area (Å²) in [4.78, 5) is 33.4. The maximum atomic E-state index is 14.0.